The predicted octanol–water partition coefficient (Wildman–Crippen LogP) is 4.49. The minimum atomic E-state index is -0.471. The maximum Gasteiger partial charge on any atom is 0.337 e. The first-order chi connectivity index (χ1) is 14.4. The smallest absolute Gasteiger partial charge is 0.337 e. The van der Waals surface area contributed by atoms with Crippen molar-refractivity contribution in [2.45, 2.75) is 17.4 Å². The van der Waals surface area contributed by atoms with Crippen LogP contribution in [0.25, 0.3) is 0 Å². The lowest BCUT2D eigenvalue weighted by atomic mass is 10.0. The summed E-state index contributed by atoms with van der Waals surface area (Å²) in [6.45, 7) is 2.11. The summed E-state index contributed by atoms with van der Waals surface area (Å²) in [5.41, 5.74) is 3.44. The normalized spacial score (nSPS) is 13.9. The fraction of sp³-hybridized carbons (Fsp3) is 0.304. The van der Waals surface area contributed by atoms with Gasteiger partial charge in [0, 0.05) is 30.0 Å². The summed E-state index contributed by atoms with van der Waals surface area (Å²) in [5.74, 6) is 6.49. The van der Waals surface area contributed by atoms with Crippen molar-refractivity contribution in [3.8, 4) is 17.6 Å². The number of nitrogens with one attached hydrogen (secondary N) is 1. The van der Waals surface area contributed by atoms with Crippen LogP contribution in [0.2, 0.25) is 0 Å². The minimum absolute atomic E-state index is 0.0468. The van der Waals surface area contributed by atoms with Crippen LogP contribution in [0.1, 0.15) is 40.4 Å². The van der Waals surface area contributed by atoms with E-state index in [-0.39, 0.29) is 9.99 Å². The lowest BCUT2D eigenvalue weighted by Gasteiger charge is -2.36. The molecule has 0 atom stereocenters. The standard InChI is InChI=1S/C23H23NO4S2/c1-15(25)24-20-14-18(22(26)27-2)9-8-17(20)7-5-16-6-10-21-19(13-16)23(29-3,30-4)11-12-28-21/h6,8-10,13-14H,11-12H2,1-4H3,(H,24,25). The molecule has 1 amide bonds. The second kappa shape index (κ2) is 9.50. The van der Waals surface area contributed by atoms with Gasteiger partial charge in [0.25, 0.3) is 0 Å². The molecule has 2 aromatic carbocycles. The van der Waals surface area contributed by atoms with Gasteiger partial charge in [0.15, 0.2) is 0 Å². The van der Waals surface area contributed by atoms with E-state index in [2.05, 4.69) is 35.7 Å². The number of carbonyl (C=O) groups excluding carboxylic acids is 2. The summed E-state index contributed by atoms with van der Waals surface area (Å²) in [6, 6.07) is 10.9. The zero-order chi connectivity index (χ0) is 21.7. The summed E-state index contributed by atoms with van der Waals surface area (Å²) < 4.78 is 10.6. The fourth-order valence-electron chi connectivity index (χ4n) is 3.30. The number of fused-ring (bicyclic) bond motifs is 1. The molecule has 30 heavy (non-hydrogen) atoms. The molecule has 0 fully saturated rings. The van der Waals surface area contributed by atoms with E-state index in [4.69, 9.17) is 9.47 Å². The third kappa shape index (κ3) is 4.61. The number of rotatable bonds is 4. The Bertz CT molecular complexity index is 1040. The van der Waals surface area contributed by atoms with Crippen LogP contribution in [0.3, 0.4) is 0 Å². The Morgan fingerprint density at radius 3 is 2.57 bits per heavy atom. The van der Waals surface area contributed by atoms with Gasteiger partial charge >= 0.3 is 5.97 Å². The second-order valence-corrected chi connectivity index (χ2v) is 9.12. The van der Waals surface area contributed by atoms with Gasteiger partial charge in [0.05, 0.1) is 29.0 Å². The number of hydrogen-bond acceptors (Lipinski definition) is 6. The van der Waals surface area contributed by atoms with Gasteiger partial charge < -0.3 is 14.8 Å². The highest BCUT2D eigenvalue weighted by Crippen LogP contribution is 2.52. The molecule has 2 aromatic rings. The molecule has 0 spiro atoms. The number of benzene rings is 2. The highest BCUT2D eigenvalue weighted by molar-refractivity contribution is 8.16. The van der Waals surface area contributed by atoms with Crippen LogP contribution in [0.15, 0.2) is 36.4 Å². The molecule has 1 aliphatic heterocycles. The third-order valence-electron chi connectivity index (χ3n) is 4.83. The molecule has 0 bridgehead atoms. The van der Waals surface area contributed by atoms with Crippen LogP contribution in [0.4, 0.5) is 5.69 Å². The predicted molar refractivity (Wildman–Crippen MR) is 123 cm³/mol. The van der Waals surface area contributed by atoms with E-state index in [1.807, 2.05) is 35.7 Å². The monoisotopic (exact) mass is 441 g/mol. The average molecular weight is 442 g/mol. The van der Waals surface area contributed by atoms with E-state index >= 15 is 0 Å². The van der Waals surface area contributed by atoms with Crippen molar-refractivity contribution < 1.29 is 19.1 Å². The highest BCUT2D eigenvalue weighted by Gasteiger charge is 2.36. The van der Waals surface area contributed by atoms with Crippen LogP contribution in [-0.4, -0.2) is 38.1 Å². The average Bonchev–Trinajstić information content (AvgIpc) is 2.76. The highest BCUT2D eigenvalue weighted by atomic mass is 32.2. The van der Waals surface area contributed by atoms with Crippen LogP contribution in [0.5, 0.6) is 5.75 Å². The molecule has 5 nitrogen and oxygen atoms in total. The van der Waals surface area contributed by atoms with E-state index in [0.717, 1.165) is 23.3 Å². The van der Waals surface area contributed by atoms with Crippen molar-refractivity contribution in [2.24, 2.45) is 0 Å². The van der Waals surface area contributed by atoms with Gasteiger partial charge in [0.2, 0.25) is 5.91 Å². The molecule has 156 valence electrons. The lowest BCUT2D eigenvalue weighted by molar-refractivity contribution is -0.114. The van der Waals surface area contributed by atoms with Crippen molar-refractivity contribution in [1.29, 1.82) is 0 Å². The number of carbonyl (C=O) groups is 2. The first-order valence-corrected chi connectivity index (χ1v) is 11.8. The van der Waals surface area contributed by atoms with E-state index in [1.54, 1.807) is 18.2 Å². The third-order valence-corrected chi connectivity index (χ3v) is 8.00. The van der Waals surface area contributed by atoms with Crippen molar-refractivity contribution in [3.63, 3.8) is 0 Å². The minimum Gasteiger partial charge on any atom is -0.493 e. The van der Waals surface area contributed by atoms with Gasteiger partial charge in [-0.3, -0.25) is 4.79 Å². The van der Waals surface area contributed by atoms with Gasteiger partial charge in [-0.05, 0) is 48.9 Å². The summed E-state index contributed by atoms with van der Waals surface area (Å²) in [4.78, 5) is 23.4. The maximum absolute atomic E-state index is 11.8. The molecular formula is C23H23NO4S2. The molecule has 0 aliphatic carbocycles. The SMILES string of the molecule is COC(=O)c1ccc(C#Cc2ccc3c(c2)C(SC)(SC)CCO3)c(NC(C)=O)c1. The Morgan fingerprint density at radius 1 is 1.13 bits per heavy atom. The molecular weight excluding hydrogens is 418 g/mol. The Morgan fingerprint density at radius 2 is 1.90 bits per heavy atom. The molecule has 0 radical (unpaired) electrons. The molecule has 0 unspecified atom stereocenters. The molecule has 7 heteroatoms. The van der Waals surface area contributed by atoms with Crippen molar-refractivity contribution >= 4 is 41.1 Å². The first kappa shape index (κ1) is 22.1. The van der Waals surface area contributed by atoms with Crippen LogP contribution >= 0.6 is 23.5 Å². The maximum atomic E-state index is 11.8. The Hall–Kier alpha value is -2.56. The largest absolute Gasteiger partial charge is 0.493 e. The van der Waals surface area contributed by atoms with Gasteiger partial charge in [-0.2, -0.15) is 0 Å². The number of methoxy groups -OCH3 is 1. The van der Waals surface area contributed by atoms with Gasteiger partial charge in [0.1, 0.15) is 5.75 Å². The number of ether oxygens (including phenoxy) is 2. The topological polar surface area (TPSA) is 64.6 Å². The van der Waals surface area contributed by atoms with Crippen molar-refractivity contribution in [2.75, 3.05) is 31.5 Å². The van der Waals surface area contributed by atoms with E-state index in [9.17, 15) is 9.59 Å². The van der Waals surface area contributed by atoms with E-state index in [1.165, 1.54) is 14.0 Å². The summed E-state index contributed by atoms with van der Waals surface area (Å²) in [6.07, 6.45) is 5.17. The molecule has 0 saturated heterocycles. The fourth-order valence-corrected chi connectivity index (χ4v) is 5.30. The number of anilines is 1. The lowest BCUT2D eigenvalue weighted by Crippen LogP contribution is -2.26. The molecule has 1 N–H and O–H groups in total. The van der Waals surface area contributed by atoms with E-state index < -0.39 is 5.97 Å². The van der Waals surface area contributed by atoms with Gasteiger partial charge in [-0.25, -0.2) is 4.79 Å². The van der Waals surface area contributed by atoms with Crippen molar-refractivity contribution in [3.05, 3.63) is 58.7 Å². The molecule has 0 aromatic heterocycles. The Kier molecular flexibility index (Phi) is 7.01. The van der Waals surface area contributed by atoms with E-state index in [0.29, 0.717) is 23.4 Å². The second-order valence-electron chi connectivity index (χ2n) is 6.65. The number of thioether (sulfide) groups is 2. The summed E-state index contributed by atoms with van der Waals surface area (Å²) >= 11 is 3.64. The van der Waals surface area contributed by atoms with Crippen molar-refractivity contribution in [1.82, 2.24) is 0 Å². The Balaban J connectivity index is 2.00. The first-order valence-electron chi connectivity index (χ1n) is 9.32. The van der Waals surface area contributed by atoms with Crippen LogP contribution < -0.4 is 10.1 Å². The molecule has 1 aliphatic rings. The number of hydrogen-bond donors (Lipinski definition) is 1. The zero-order valence-electron chi connectivity index (χ0n) is 17.3. The zero-order valence-corrected chi connectivity index (χ0v) is 19.0. The summed E-state index contributed by atoms with van der Waals surface area (Å²) in [5, 5.41) is 2.73. The quantitative estimate of drug-likeness (QED) is 0.428. The number of amides is 1. The molecule has 0 saturated carbocycles. The van der Waals surface area contributed by atoms with Gasteiger partial charge in [-0.1, -0.05) is 11.8 Å². The van der Waals surface area contributed by atoms with Gasteiger partial charge in [-0.15, -0.1) is 23.5 Å². The molecule has 3 rings (SSSR count). The number of esters is 1. The summed E-state index contributed by atoms with van der Waals surface area (Å²) in [7, 11) is 1.32. The van der Waals surface area contributed by atoms with Crippen LogP contribution in [0, 0.1) is 11.8 Å². The molecule has 1 heterocycles. The Labute approximate surface area is 185 Å². The van der Waals surface area contributed by atoms with Crippen LogP contribution in [-0.2, 0) is 13.6 Å².